The molecule has 0 saturated heterocycles. The monoisotopic (exact) mass is 166 g/mol. The molecule has 0 saturated carbocycles. The van der Waals surface area contributed by atoms with Crippen molar-refractivity contribution in [2.24, 2.45) is 0 Å². The third kappa shape index (κ3) is 1.94. The van der Waals surface area contributed by atoms with Gasteiger partial charge in [-0.05, 0) is 11.0 Å². The van der Waals surface area contributed by atoms with Crippen LogP contribution >= 0.6 is 0 Å². The van der Waals surface area contributed by atoms with Gasteiger partial charge in [0.15, 0.2) is 0 Å². The number of aromatic nitrogens is 2. The summed E-state index contributed by atoms with van der Waals surface area (Å²) < 4.78 is 4.98. The fourth-order valence-electron chi connectivity index (χ4n) is 0.857. The van der Waals surface area contributed by atoms with Gasteiger partial charge < -0.3 is 4.74 Å². The lowest BCUT2D eigenvalue weighted by Gasteiger charge is -2.17. The Bertz CT molecular complexity index is 265. The van der Waals surface area contributed by atoms with Crippen LogP contribution < -0.4 is 4.74 Å². The van der Waals surface area contributed by atoms with E-state index in [0.29, 0.717) is 5.88 Å². The normalized spacial score (nSPS) is 11.3. The first-order chi connectivity index (χ1) is 5.54. The Morgan fingerprint density at radius 3 is 2.50 bits per heavy atom. The molecular formula is C9H14N2O. The number of methoxy groups -OCH3 is 1. The zero-order valence-electron chi connectivity index (χ0n) is 7.96. The highest BCUT2D eigenvalue weighted by Crippen LogP contribution is 2.22. The molecule has 3 heteroatoms. The molecule has 0 aliphatic carbocycles. The van der Waals surface area contributed by atoms with Crippen LogP contribution in [-0.2, 0) is 5.41 Å². The lowest BCUT2D eigenvalue weighted by molar-refractivity contribution is 0.389. The SMILES string of the molecule is COc1cc(C(C)(C)C)cnn1. The average Bonchev–Trinajstić information content (AvgIpc) is 2.03. The molecule has 0 fully saturated rings. The van der Waals surface area contributed by atoms with E-state index in [0.717, 1.165) is 5.56 Å². The van der Waals surface area contributed by atoms with Gasteiger partial charge in [-0.15, -0.1) is 5.10 Å². The van der Waals surface area contributed by atoms with Crippen LogP contribution in [-0.4, -0.2) is 17.3 Å². The quantitative estimate of drug-likeness (QED) is 0.638. The smallest absolute Gasteiger partial charge is 0.233 e. The minimum absolute atomic E-state index is 0.100. The van der Waals surface area contributed by atoms with Gasteiger partial charge in [-0.2, -0.15) is 5.10 Å². The van der Waals surface area contributed by atoms with Crippen molar-refractivity contribution >= 4 is 0 Å². The van der Waals surface area contributed by atoms with Crippen LogP contribution in [0.25, 0.3) is 0 Å². The van der Waals surface area contributed by atoms with Gasteiger partial charge in [0.2, 0.25) is 5.88 Å². The second kappa shape index (κ2) is 3.09. The van der Waals surface area contributed by atoms with Gasteiger partial charge in [-0.3, -0.25) is 0 Å². The lowest BCUT2D eigenvalue weighted by Crippen LogP contribution is -2.12. The summed E-state index contributed by atoms with van der Waals surface area (Å²) in [6.07, 6.45) is 1.77. The van der Waals surface area contributed by atoms with Crippen LogP contribution in [0.3, 0.4) is 0 Å². The average molecular weight is 166 g/mol. The van der Waals surface area contributed by atoms with Crippen LogP contribution in [0.1, 0.15) is 26.3 Å². The molecule has 0 amide bonds. The summed E-state index contributed by atoms with van der Waals surface area (Å²) in [5.74, 6) is 0.572. The van der Waals surface area contributed by atoms with Gasteiger partial charge in [0.05, 0.1) is 13.3 Å². The van der Waals surface area contributed by atoms with Gasteiger partial charge in [-0.1, -0.05) is 20.8 Å². The van der Waals surface area contributed by atoms with Crippen LogP contribution in [0.2, 0.25) is 0 Å². The molecule has 1 aromatic rings. The molecule has 0 aliphatic rings. The second-order valence-corrected chi connectivity index (χ2v) is 3.74. The standard InChI is InChI=1S/C9H14N2O/c1-9(2,3)7-5-8(12-4)11-10-6-7/h5-6H,1-4H3. The molecule has 0 N–H and O–H groups in total. The molecule has 3 nitrogen and oxygen atoms in total. The van der Waals surface area contributed by atoms with Crippen molar-refractivity contribution in [2.75, 3.05) is 7.11 Å². The molecule has 0 radical (unpaired) electrons. The number of hydrogen-bond acceptors (Lipinski definition) is 3. The minimum Gasteiger partial charge on any atom is -0.480 e. The Morgan fingerprint density at radius 1 is 1.33 bits per heavy atom. The van der Waals surface area contributed by atoms with E-state index in [2.05, 4.69) is 31.0 Å². The van der Waals surface area contributed by atoms with Crippen LogP contribution in [0.4, 0.5) is 0 Å². The van der Waals surface area contributed by atoms with Crippen molar-refractivity contribution in [3.63, 3.8) is 0 Å². The Hall–Kier alpha value is -1.12. The van der Waals surface area contributed by atoms with E-state index in [4.69, 9.17) is 4.74 Å². The lowest BCUT2D eigenvalue weighted by atomic mass is 9.89. The van der Waals surface area contributed by atoms with Crippen molar-refractivity contribution in [1.29, 1.82) is 0 Å². The summed E-state index contributed by atoms with van der Waals surface area (Å²) in [5.41, 5.74) is 1.23. The van der Waals surface area contributed by atoms with Gasteiger partial charge >= 0.3 is 0 Å². The van der Waals surface area contributed by atoms with Crippen molar-refractivity contribution in [2.45, 2.75) is 26.2 Å². The van der Waals surface area contributed by atoms with Crippen molar-refractivity contribution in [1.82, 2.24) is 10.2 Å². The first kappa shape index (κ1) is 8.97. The summed E-state index contributed by atoms with van der Waals surface area (Å²) >= 11 is 0. The molecule has 0 spiro atoms. The highest BCUT2D eigenvalue weighted by atomic mass is 16.5. The largest absolute Gasteiger partial charge is 0.480 e. The number of nitrogens with zero attached hydrogens (tertiary/aromatic N) is 2. The first-order valence-corrected chi connectivity index (χ1v) is 3.91. The molecule has 66 valence electrons. The molecule has 0 bridgehead atoms. The fraction of sp³-hybridized carbons (Fsp3) is 0.556. The molecule has 1 heterocycles. The maximum atomic E-state index is 4.98. The predicted molar refractivity (Wildman–Crippen MR) is 47.3 cm³/mol. The Balaban J connectivity index is 3.02. The van der Waals surface area contributed by atoms with Gasteiger partial charge in [0.25, 0.3) is 0 Å². The minimum atomic E-state index is 0.100. The summed E-state index contributed by atoms with van der Waals surface area (Å²) in [6, 6.07) is 1.91. The van der Waals surface area contributed by atoms with Gasteiger partial charge in [0, 0.05) is 6.07 Å². The molecule has 12 heavy (non-hydrogen) atoms. The molecule has 1 rings (SSSR count). The van der Waals surface area contributed by atoms with Crippen LogP contribution in [0, 0.1) is 0 Å². The highest BCUT2D eigenvalue weighted by molar-refractivity contribution is 5.23. The van der Waals surface area contributed by atoms with E-state index in [1.165, 1.54) is 0 Å². The van der Waals surface area contributed by atoms with Crippen LogP contribution in [0.5, 0.6) is 5.88 Å². The Morgan fingerprint density at radius 2 is 2.00 bits per heavy atom. The summed E-state index contributed by atoms with van der Waals surface area (Å²) in [4.78, 5) is 0. The third-order valence-electron chi connectivity index (χ3n) is 1.71. The highest BCUT2D eigenvalue weighted by Gasteiger charge is 2.14. The maximum absolute atomic E-state index is 4.98. The molecule has 0 aliphatic heterocycles. The summed E-state index contributed by atoms with van der Waals surface area (Å²) in [7, 11) is 1.59. The number of ether oxygens (including phenoxy) is 1. The molecule has 1 aromatic heterocycles. The molecule has 0 unspecified atom stereocenters. The van der Waals surface area contributed by atoms with E-state index in [1.54, 1.807) is 13.3 Å². The first-order valence-electron chi connectivity index (χ1n) is 3.91. The zero-order chi connectivity index (χ0) is 9.19. The Kier molecular flexibility index (Phi) is 2.31. The van der Waals surface area contributed by atoms with Crippen molar-refractivity contribution < 1.29 is 4.74 Å². The van der Waals surface area contributed by atoms with E-state index >= 15 is 0 Å². The second-order valence-electron chi connectivity index (χ2n) is 3.74. The summed E-state index contributed by atoms with van der Waals surface area (Å²) in [6.45, 7) is 6.39. The van der Waals surface area contributed by atoms with E-state index in [-0.39, 0.29) is 5.41 Å². The fourth-order valence-corrected chi connectivity index (χ4v) is 0.857. The zero-order valence-corrected chi connectivity index (χ0v) is 7.96. The van der Waals surface area contributed by atoms with Crippen molar-refractivity contribution in [3.05, 3.63) is 17.8 Å². The third-order valence-corrected chi connectivity index (χ3v) is 1.71. The number of hydrogen-bond donors (Lipinski definition) is 0. The van der Waals surface area contributed by atoms with E-state index < -0.39 is 0 Å². The predicted octanol–water partition coefficient (Wildman–Crippen LogP) is 1.78. The molecule has 0 atom stereocenters. The summed E-state index contributed by atoms with van der Waals surface area (Å²) in [5, 5.41) is 7.65. The van der Waals surface area contributed by atoms with E-state index in [9.17, 15) is 0 Å². The van der Waals surface area contributed by atoms with E-state index in [1.807, 2.05) is 6.07 Å². The maximum Gasteiger partial charge on any atom is 0.233 e. The van der Waals surface area contributed by atoms with Crippen LogP contribution in [0.15, 0.2) is 12.3 Å². The number of rotatable bonds is 1. The molecule has 0 aromatic carbocycles. The Labute approximate surface area is 72.8 Å². The van der Waals surface area contributed by atoms with Gasteiger partial charge in [0.1, 0.15) is 0 Å². The molecular weight excluding hydrogens is 152 g/mol. The topological polar surface area (TPSA) is 35.0 Å². The van der Waals surface area contributed by atoms with Gasteiger partial charge in [-0.25, -0.2) is 0 Å². The van der Waals surface area contributed by atoms with Crippen molar-refractivity contribution in [3.8, 4) is 5.88 Å².